The summed E-state index contributed by atoms with van der Waals surface area (Å²) in [5.74, 6) is 3.32. The zero-order valence-electron chi connectivity index (χ0n) is 23.1. The van der Waals surface area contributed by atoms with Crippen LogP contribution in [0.15, 0.2) is 0 Å². The van der Waals surface area contributed by atoms with Gasteiger partial charge in [0.25, 0.3) is 0 Å². The number of hydrogen-bond acceptors (Lipinski definition) is 4. The Kier molecular flexibility index (Phi) is 5.42. The molecule has 4 heteroatoms. The normalized spacial score (nSPS) is 60.4. The van der Waals surface area contributed by atoms with Gasteiger partial charge in [-0.25, -0.2) is 0 Å². The molecule has 12 atom stereocenters. The van der Waals surface area contributed by atoms with Gasteiger partial charge >= 0.3 is 0 Å². The highest BCUT2D eigenvalue weighted by atomic mass is 16.3. The smallest absolute Gasteiger partial charge is 0.0911 e. The molecule has 4 bridgehead atoms. The van der Waals surface area contributed by atoms with Crippen LogP contribution in [0.2, 0.25) is 0 Å². The number of aliphatic hydroxyl groups excluding tert-OH is 2. The van der Waals surface area contributed by atoms with Crippen molar-refractivity contribution in [1.82, 2.24) is 0 Å². The quantitative estimate of drug-likeness (QED) is 0.389. The molecule has 6 saturated carbocycles. The molecule has 0 amide bonds. The largest absolute Gasteiger partial charge is 0.390 e. The summed E-state index contributed by atoms with van der Waals surface area (Å²) >= 11 is 0. The van der Waals surface area contributed by atoms with Crippen LogP contribution >= 0.6 is 0 Å². The van der Waals surface area contributed by atoms with Gasteiger partial charge < -0.3 is 20.4 Å². The van der Waals surface area contributed by atoms with Crippen LogP contribution in [0.3, 0.4) is 0 Å². The van der Waals surface area contributed by atoms with Crippen molar-refractivity contribution < 1.29 is 20.4 Å². The Morgan fingerprint density at radius 2 is 0.824 bits per heavy atom. The first kappa shape index (κ1) is 25.5. The molecule has 196 valence electrons. The zero-order valence-corrected chi connectivity index (χ0v) is 23.1. The average molecular weight is 477 g/mol. The Hall–Kier alpha value is -0.160. The number of aliphatic hydroxyl groups is 4. The lowest BCUT2D eigenvalue weighted by Crippen LogP contribution is -2.53. The molecular weight excluding hydrogens is 424 g/mol. The summed E-state index contributed by atoms with van der Waals surface area (Å²) in [5, 5.41) is 42.0. The molecule has 6 aliphatic carbocycles. The van der Waals surface area contributed by atoms with E-state index in [9.17, 15) is 20.4 Å². The Labute approximate surface area is 207 Å². The van der Waals surface area contributed by atoms with Gasteiger partial charge in [-0.2, -0.15) is 0 Å². The minimum atomic E-state index is -0.890. The molecule has 4 nitrogen and oxygen atoms in total. The van der Waals surface area contributed by atoms with Crippen molar-refractivity contribution in [3.8, 4) is 0 Å². The number of rotatable bonds is 0. The molecule has 6 fully saturated rings. The van der Waals surface area contributed by atoms with Crippen molar-refractivity contribution in [3.63, 3.8) is 0 Å². The minimum absolute atomic E-state index is 0.172. The van der Waals surface area contributed by atoms with Crippen LogP contribution in [-0.4, -0.2) is 43.8 Å². The maximum absolute atomic E-state index is 10.7. The molecule has 0 aromatic rings. The van der Waals surface area contributed by atoms with Gasteiger partial charge in [0.2, 0.25) is 0 Å². The van der Waals surface area contributed by atoms with Gasteiger partial charge in [-0.15, -0.1) is 0 Å². The van der Waals surface area contributed by atoms with E-state index in [1.54, 1.807) is 0 Å². The molecule has 34 heavy (non-hydrogen) atoms. The van der Waals surface area contributed by atoms with Gasteiger partial charge in [-0.3, -0.25) is 0 Å². The molecule has 0 aliphatic heterocycles. The Morgan fingerprint density at radius 1 is 0.500 bits per heavy atom. The predicted molar refractivity (Wildman–Crippen MR) is 135 cm³/mol. The first-order chi connectivity index (χ1) is 15.5. The van der Waals surface area contributed by atoms with E-state index < -0.39 is 23.4 Å². The summed E-state index contributed by atoms with van der Waals surface area (Å²) < 4.78 is 0. The Bertz CT molecular complexity index is 762. The summed E-state index contributed by atoms with van der Waals surface area (Å²) in [5.41, 5.74) is -0.805. The average Bonchev–Trinajstić information content (AvgIpc) is 3.33. The highest BCUT2D eigenvalue weighted by Crippen LogP contribution is 2.74. The standard InChI is InChI=1S/2C15H26O2/c2*1-9-5-6-10-13(2,3)11-7-15(9,10)8-12(16)14(11,4)17/h2*9-12,16-17H,5-8H2,1-4H3/t9-,10+,11-,12+,14-,15-;9-,10+,11-,12-,14+,15-/m11/s1. The van der Waals surface area contributed by atoms with Crippen LogP contribution in [0.1, 0.15) is 107 Å². The molecular formula is C30H52O4. The third-order valence-electron chi connectivity index (χ3n) is 13.8. The third kappa shape index (κ3) is 2.92. The summed E-state index contributed by atoms with van der Waals surface area (Å²) in [4.78, 5) is 0. The molecule has 6 rings (SSSR count). The highest BCUT2D eigenvalue weighted by Gasteiger charge is 2.71. The summed E-state index contributed by atoms with van der Waals surface area (Å²) in [6.45, 7) is 17.7. The minimum Gasteiger partial charge on any atom is -0.390 e. The van der Waals surface area contributed by atoms with Crippen molar-refractivity contribution in [3.05, 3.63) is 0 Å². The second-order valence-corrected chi connectivity index (χ2v) is 15.6. The topological polar surface area (TPSA) is 80.9 Å². The van der Waals surface area contributed by atoms with Gasteiger partial charge in [0.15, 0.2) is 0 Å². The molecule has 0 saturated heterocycles. The highest BCUT2D eigenvalue weighted by molar-refractivity contribution is 5.20. The number of fused-ring (bicyclic) bond motifs is 2. The summed E-state index contributed by atoms with van der Waals surface area (Å²) in [6.07, 6.45) is 7.97. The van der Waals surface area contributed by atoms with Gasteiger partial charge in [-0.1, -0.05) is 41.5 Å². The van der Waals surface area contributed by atoms with Crippen LogP contribution in [0.5, 0.6) is 0 Å². The van der Waals surface area contributed by atoms with Crippen molar-refractivity contribution >= 4 is 0 Å². The van der Waals surface area contributed by atoms with Gasteiger partial charge in [0.1, 0.15) is 0 Å². The van der Waals surface area contributed by atoms with Crippen LogP contribution in [0, 0.1) is 57.2 Å². The monoisotopic (exact) mass is 476 g/mol. The number of hydrogen-bond donors (Lipinski definition) is 4. The molecule has 0 aromatic carbocycles. The van der Waals surface area contributed by atoms with Crippen LogP contribution in [0.25, 0.3) is 0 Å². The van der Waals surface area contributed by atoms with E-state index in [2.05, 4.69) is 41.5 Å². The van der Waals surface area contributed by atoms with Crippen LogP contribution in [-0.2, 0) is 0 Å². The van der Waals surface area contributed by atoms with Crippen molar-refractivity contribution in [2.45, 2.75) is 130 Å². The Balaban J connectivity index is 0.000000142. The second-order valence-electron chi connectivity index (χ2n) is 15.6. The van der Waals surface area contributed by atoms with E-state index in [4.69, 9.17) is 0 Å². The van der Waals surface area contributed by atoms with Crippen LogP contribution in [0.4, 0.5) is 0 Å². The van der Waals surface area contributed by atoms with Gasteiger partial charge in [-0.05, 0) is 122 Å². The van der Waals surface area contributed by atoms with Gasteiger partial charge in [0, 0.05) is 0 Å². The summed E-state index contributed by atoms with van der Waals surface area (Å²) in [7, 11) is 0. The lowest BCUT2D eigenvalue weighted by atomic mass is 9.63. The third-order valence-corrected chi connectivity index (χ3v) is 13.8. The fourth-order valence-corrected chi connectivity index (χ4v) is 11.7. The molecule has 0 radical (unpaired) electrons. The molecule has 2 spiro atoms. The van der Waals surface area contributed by atoms with Crippen LogP contribution < -0.4 is 0 Å². The first-order valence-corrected chi connectivity index (χ1v) is 14.3. The van der Waals surface area contributed by atoms with E-state index >= 15 is 0 Å². The zero-order chi connectivity index (χ0) is 25.3. The maximum Gasteiger partial charge on any atom is 0.0911 e. The molecule has 0 unspecified atom stereocenters. The SMILES string of the molecule is C[C@@H]1CC[C@H]2C(C)(C)[C@H]3C[C@@]12C[C@@H](O)[C@@]3(C)O.C[C@@H]1CC[C@H]2C(C)(C)[C@H]3C[C@@]12C[C@H](O)[C@]3(C)O. The summed E-state index contributed by atoms with van der Waals surface area (Å²) in [6, 6.07) is 0. The van der Waals surface area contributed by atoms with E-state index in [1.165, 1.54) is 25.7 Å². The first-order valence-electron chi connectivity index (χ1n) is 14.3. The second kappa shape index (κ2) is 7.23. The molecule has 4 N–H and O–H groups in total. The fraction of sp³-hybridized carbons (Fsp3) is 1.00. The van der Waals surface area contributed by atoms with E-state index in [0.717, 1.165) is 25.7 Å². The molecule has 6 aliphatic rings. The fourth-order valence-electron chi connectivity index (χ4n) is 11.7. The van der Waals surface area contributed by atoms with Crippen molar-refractivity contribution in [2.24, 2.45) is 57.2 Å². The van der Waals surface area contributed by atoms with E-state index in [0.29, 0.717) is 34.5 Å². The molecule has 0 heterocycles. The lowest BCUT2D eigenvalue weighted by molar-refractivity contribution is -0.153. The Morgan fingerprint density at radius 3 is 1.15 bits per heavy atom. The van der Waals surface area contributed by atoms with Crippen molar-refractivity contribution in [1.29, 1.82) is 0 Å². The van der Waals surface area contributed by atoms with Crippen molar-refractivity contribution in [2.75, 3.05) is 0 Å². The van der Waals surface area contributed by atoms with Gasteiger partial charge in [0.05, 0.1) is 23.4 Å². The molecule has 0 aromatic heterocycles. The van der Waals surface area contributed by atoms with E-state index in [1.807, 2.05) is 13.8 Å². The lowest BCUT2D eigenvalue weighted by Gasteiger charge is -2.47. The predicted octanol–water partition coefficient (Wildman–Crippen LogP) is 5.16. The van der Waals surface area contributed by atoms with E-state index in [-0.39, 0.29) is 22.7 Å². The maximum atomic E-state index is 10.7.